The maximum absolute atomic E-state index is 13.4. The molecule has 26 heavy (non-hydrogen) atoms. The second kappa shape index (κ2) is 7.88. The molecule has 1 unspecified atom stereocenters. The zero-order valence-corrected chi connectivity index (χ0v) is 15.3. The summed E-state index contributed by atoms with van der Waals surface area (Å²) in [7, 11) is -2.66. The Morgan fingerprint density at radius 3 is 2.46 bits per heavy atom. The fourth-order valence-corrected chi connectivity index (χ4v) is 4.83. The summed E-state index contributed by atoms with van der Waals surface area (Å²) in [6.07, 6.45) is 5.52. The van der Waals surface area contributed by atoms with Gasteiger partial charge >= 0.3 is 0 Å². The predicted molar refractivity (Wildman–Crippen MR) is 105 cm³/mol. The topological polar surface area (TPSA) is 46.6 Å². The van der Waals surface area contributed by atoms with Crippen molar-refractivity contribution in [3.05, 3.63) is 65.2 Å². The standard InChI is InChI=1S/C21H21NO3S/c1-3-17-8-10-18(11-9-17)20(23)16-19-6-4-5-7-21(19)26(2,24)22-12-14-25-15-13-22/h1,4-11H,2,12-16H2. The van der Waals surface area contributed by atoms with E-state index in [4.69, 9.17) is 11.2 Å². The van der Waals surface area contributed by atoms with Gasteiger partial charge in [-0.05, 0) is 29.6 Å². The van der Waals surface area contributed by atoms with E-state index in [-0.39, 0.29) is 12.2 Å². The average Bonchev–Trinajstić information content (AvgIpc) is 2.69. The van der Waals surface area contributed by atoms with Gasteiger partial charge in [-0.2, -0.15) is 0 Å². The van der Waals surface area contributed by atoms with Crippen molar-refractivity contribution in [2.45, 2.75) is 11.3 Å². The Labute approximate surface area is 154 Å². The molecule has 1 fully saturated rings. The third kappa shape index (κ3) is 3.88. The third-order valence-electron chi connectivity index (χ3n) is 4.43. The van der Waals surface area contributed by atoms with Crippen molar-refractivity contribution in [2.24, 2.45) is 0 Å². The average molecular weight is 367 g/mol. The summed E-state index contributed by atoms with van der Waals surface area (Å²) in [6, 6.07) is 14.3. The lowest BCUT2D eigenvalue weighted by Crippen LogP contribution is -2.40. The van der Waals surface area contributed by atoms with Gasteiger partial charge in [0.05, 0.1) is 22.9 Å². The van der Waals surface area contributed by atoms with Crippen molar-refractivity contribution in [2.75, 3.05) is 26.3 Å². The zero-order valence-electron chi connectivity index (χ0n) is 14.5. The minimum absolute atomic E-state index is 0.0433. The van der Waals surface area contributed by atoms with Crippen LogP contribution in [0.25, 0.3) is 0 Å². The maximum atomic E-state index is 13.4. The van der Waals surface area contributed by atoms with E-state index in [9.17, 15) is 9.00 Å². The van der Waals surface area contributed by atoms with Gasteiger partial charge in [0.1, 0.15) is 0 Å². The Hall–Kier alpha value is -2.39. The number of hydrogen-bond acceptors (Lipinski definition) is 3. The van der Waals surface area contributed by atoms with Crippen molar-refractivity contribution in [3.8, 4) is 12.3 Å². The Balaban J connectivity index is 1.87. The summed E-state index contributed by atoms with van der Waals surface area (Å²) in [5, 5.41) is 0. The molecule has 1 atom stereocenters. The van der Waals surface area contributed by atoms with E-state index in [1.165, 1.54) is 0 Å². The molecule has 0 aromatic heterocycles. The maximum Gasteiger partial charge on any atom is 0.167 e. The number of carbonyl (C=O) groups is 1. The van der Waals surface area contributed by atoms with Crippen LogP contribution in [0.15, 0.2) is 53.4 Å². The number of benzene rings is 2. The molecule has 134 valence electrons. The molecule has 0 spiro atoms. The van der Waals surface area contributed by atoms with Gasteiger partial charge in [-0.3, -0.25) is 4.79 Å². The van der Waals surface area contributed by atoms with Crippen LogP contribution in [0.4, 0.5) is 0 Å². The Bertz CT molecular complexity index is 934. The van der Waals surface area contributed by atoms with E-state index in [0.717, 1.165) is 11.1 Å². The van der Waals surface area contributed by atoms with Crippen molar-refractivity contribution in [1.29, 1.82) is 0 Å². The molecule has 1 aliphatic heterocycles. The summed E-state index contributed by atoms with van der Waals surface area (Å²) in [4.78, 5) is 13.3. The second-order valence-electron chi connectivity index (χ2n) is 6.11. The number of terminal acetylenes is 1. The molecular weight excluding hydrogens is 346 g/mol. The van der Waals surface area contributed by atoms with Crippen LogP contribution in [0.2, 0.25) is 0 Å². The normalized spacial score (nSPS) is 17.2. The summed E-state index contributed by atoms with van der Waals surface area (Å²) < 4.78 is 20.6. The lowest BCUT2D eigenvalue weighted by atomic mass is 10.0. The number of rotatable bonds is 5. The molecular formula is C21H21NO3S. The minimum Gasteiger partial charge on any atom is -0.379 e. The van der Waals surface area contributed by atoms with Crippen molar-refractivity contribution in [1.82, 2.24) is 4.31 Å². The van der Waals surface area contributed by atoms with E-state index in [2.05, 4.69) is 11.8 Å². The summed E-state index contributed by atoms with van der Waals surface area (Å²) >= 11 is 0. The molecule has 5 heteroatoms. The zero-order chi connectivity index (χ0) is 18.6. The fourth-order valence-electron chi connectivity index (χ4n) is 2.97. The molecule has 0 aliphatic carbocycles. The van der Waals surface area contributed by atoms with Crippen LogP contribution in [0, 0.1) is 12.3 Å². The highest BCUT2D eigenvalue weighted by Gasteiger charge is 2.24. The molecule has 0 radical (unpaired) electrons. The molecule has 0 saturated carbocycles. The molecule has 0 N–H and O–H groups in total. The number of morpholine rings is 1. The van der Waals surface area contributed by atoms with Crippen LogP contribution in [0.3, 0.4) is 0 Å². The molecule has 2 aromatic carbocycles. The van der Waals surface area contributed by atoms with Gasteiger partial charge in [0.25, 0.3) is 0 Å². The smallest absolute Gasteiger partial charge is 0.167 e. The lowest BCUT2D eigenvalue weighted by molar-refractivity contribution is 0.0749. The van der Waals surface area contributed by atoms with Crippen LogP contribution in [0.1, 0.15) is 21.5 Å². The number of carbonyl (C=O) groups excluding carboxylic acids is 1. The Morgan fingerprint density at radius 1 is 1.15 bits per heavy atom. The van der Waals surface area contributed by atoms with E-state index in [1.807, 2.05) is 22.5 Å². The predicted octanol–water partition coefficient (Wildman–Crippen LogP) is 2.42. The van der Waals surface area contributed by atoms with Crippen LogP contribution in [0.5, 0.6) is 0 Å². The van der Waals surface area contributed by atoms with Gasteiger partial charge in [-0.25, -0.2) is 8.51 Å². The summed E-state index contributed by atoms with van der Waals surface area (Å²) in [5.74, 6) is 6.48. The van der Waals surface area contributed by atoms with Crippen LogP contribution < -0.4 is 0 Å². The first-order valence-electron chi connectivity index (χ1n) is 8.40. The Morgan fingerprint density at radius 2 is 1.81 bits per heavy atom. The third-order valence-corrected chi connectivity index (χ3v) is 6.71. The van der Waals surface area contributed by atoms with Crippen molar-refractivity contribution >= 4 is 21.4 Å². The van der Waals surface area contributed by atoms with Gasteiger partial charge < -0.3 is 4.74 Å². The molecule has 1 heterocycles. The van der Waals surface area contributed by atoms with Crippen LogP contribution >= 0.6 is 0 Å². The van der Waals surface area contributed by atoms with Gasteiger partial charge in [-0.15, -0.1) is 6.42 Å². The molecule has 3 rings (SSSR count). The number of ether oxygens (including phenoxy) is 1. The first-order valence-corrected chi connectivity index (χ1v) is 10.1. The summed E-state index contributed by atoms with van der Waals surface area (Å²) in [6.45, 7) is 2.21. The molecule has 0 bridgehead atoms. The molecule has 4 nitrogen and oxygen atoms in total. The molecule has 2 aromatic rings. The van der Waals surface area contributed by atoms with E-state index in [0.29, 0.717) is 36.8 Å². The Kier molecular flexibility index (Phi) is 5.58. The number of nitrogens with zero attached hydrogens (tertiary/aromatic N) is 1. The number of hydrogen-bond donors (Lipinski definition) is 0. The molecule has 0 amide bonds. The number of ketones is 1. The largest absolute Gasteiger partial charge is 0.379 e. The highest BCUT2D eigenvalue weighted by Crippen LogP contribution is 2.22. The van der Waals surface area contributed by atoms with E-state index in [1.54, 1.807) is 30.3 Å². The molecule has 1 saturated heterocycles. The van der Waals surface area contributed by atoms with Gasteiger partial charge in [0.15, 0.2) is 5.78 Å². The van der Waals surface area contributed by atoms with Gasteiger partial charge in [0.2, 0.25) is 0 Å². The fraction of sp³-hybridized carbons (Fsp3) is 0.238. The van der Waals surface area contributed by atoms with E-state index < -0.39 is 9.71 Å². The van der Waals surface area contributed by atoms with Gasteiger partial charge in [0, 0.05) is 35.5 Å². The first kappa shape index (κ1) is 18.4. The first-order chi connectivity index (χ1) is 12.5. The SMILES string of the molecule is C#Cc1ccc(C(=O)Cc2ccccc2S(=C)(=O)N2CCOCC2)cc1. The minimum atomic E-state index is -2.66. The number of Topliss-reactive ketones (excluding diaryl/α,β-unsaturated/α-hetero) is 1. The van der Waals surface area contributed by atoms with Crippen LogP contribution in [-0.4, -0.2) is 46.5 Å². The van der Waals surface area contributed by atoms with Crippen LogP contribution in [-0.2, 0) is 20.9 Å². The van der Waals surface area contributed by atoms with Crippen molar-refractivity contribution in [3.63, 3.8) is 0 Å². The van der Waals surface area contributed by atoms with Crippen molar-refractivity contribution < 1.29 is 13.7 Å². The highest BCUT2D eigenvalue weighted by molar-refractivity contribution is 7.98. The van der Waals surface area contributed by atoms with E-state index >= 15 is 0 Å². The highest BCUT2D eigenvalue weighted by atomic mass is 32.2. The molecule has 1 aliphatic rings. The monoisotopic (exact) mass is 367 g/mol. The second-order valence-corrected chi connectivity index (χ2v) is 8.35. The lowest BCUT2D eigenvalue weighted by Gasteiger charge is -2.30. The summed E-state index contributed by atoms with van der Waals surface area (Å²) in [5.41, 5.74) is 2.06. The van der Waals surface area contributed by atoms with Gasteiger partial charge in [-0.1, -0.05) is 36.3 Å². The quantitative estimate of drug-likeness (QED) is 0.463.